The van der Waals surface area contributed by atoms with Crippen molar-refractivity contribution < 1.29 is 4.79 Å². The summed E-state index contributed by atoms with van der Waals surface area (Å²) >= 11 is 0. The van der Waals surface area contributed by atoms with E-state index in [1.807, 2.05) is 24.3 Å². The summed E-state index contributed by atoms with van der Waals surface area (Å²) < 4.78 is 1.17. The lowest BCUT2D eigenvalue weighted by Crippen LogP contribution is -2.49. The van der Waals surface area contributed by atoms with Gasteiger partial charge < -0.3 is 15.1 Å². The number of carbonyl (C=O) groups excluding carboxylic acids is 1. The second-order valence-electron chi connectivity index (χ2n) is 6.60. The number of amides is 1. The first kappa shape index (κ1) is 18.5. The van der Waals surface area contributed by atoms with E-state index in [9.17, 15) is 9.59 Å². The normalized spacial score (nSPS) is 14.0. The van der Waals surface area contributed by atoms with Gasteiger partial charge in [-0.1, -0.05) is 0 Å². The van der Waals surface area contributed by atoms with Crippen molar-refractivity contribution >= 4 is 23.2 Å². The van der Waals surface area contributed by atoms with Crippen LogP contribution in [0.5, 0.6) is 0 Å². The number of carbonyl (C=O) groups is 1. The van der Waals surface area contributed by atoms with Gasteiger partial charge in [-0.25, -0.2) is 4.68 Å². The van der Waals surface area contributed by atoms with Crippen molar-refractivity contribution in [2.45, 2.75) is 0 Å². The van der Waals surface area contributed by atoms with Crippen molar-refractivity contribution in [1.82, 2.24) is 29.9 Å². The molecule has 1 amide bonds. The van der Waals surface area contributed by atoms with Gasteiger partial charge in [0.15, 0.2) is 11.6 Å². The highest BCUT2D eigenvalue weighted by Gasteiger charge is 2.24. The van der Waals surface area contributed by atoms with Crippen LogP contribution in [0.1, 0.15) is 10.5 Å². The van der Waals surface area contributed by atoms with Crippen LogP contribution in [0.3, 0.4) is 0 Å². The average Bonchev–Trinajstić information content (AvgIpc) is 2.77. The number of pyridine rings is 1. The van der Waals surface area contributed by atoms with E-state index >= 15 is 0 Å². The summed E-state index contributed by atoms with van der Waals surface area (Å²) in [5.74, 6) is 1.22. The fourth-order valence-electron chi connectivity index (χ4n) is 3.06. The van der Waals surface area contributed by atoms with Gasteiger partial charge in [0, 0.05) is 45.5 Å². The van der Waals surface area contributed by atoms with Crippen LogP contribution in [-0.2, 0) is 7.05 Å². The average molecular weight is 392 g/mol. The van der Waals surface area contributed by atoms with Gasteiger partial charge in [0.2, 0.25) is 0 Å². The summed E-state index contributed by atoms with van der Waals surface area (Å²) in [6, 6.07) is 10.3. The van der Waals surface area contributed by atoms with Gasteiger partial charge in [0.1, 0.15) is 5.69 Å². The fraction of sp³-hybridized carbons (Fsp3) is 0.263. The molecule has 0 unspecified atom stereocenters. The summed E-state index contributed by atoms with van der Waals surface area (Å²) in [6.07, 6.45) is 3.42. The third kappa shape index (κ3) is 4.21. The molecule has 10 nitrogen and oxygen atoms in total. The lowest BCUT2D eigenvalue weighted by atomic mass is 10.2. The molecule has 0 radical (unpaired) electrons. The second-order valence-corrected chi connectivity index (χ2v) is 6.60. The summed E-state index contributed by atoms with van der Waals surface area (Å²) in [5, 5.41) is 15.7. The molecule has 0 atom stereocenters. The van der Waals surface area contributed by atoms with Gasteiger partial charge in [0.05, 0.1) is 11.9 Å². The standard InChI is InChI=1S/C19H20N8O2/c1-25-18(28)7-4-15(24-25)19(29)27-11-9-26(10-12-27)17-6-5-16(22-23-17)21-14-3-2-8-20-13-14/h2-8,13H,9-12H2,1H3,(H,21,22). The first-order valence-corrected chi connectivity index (χ1v) is 9.19. The van der Waals surface area contributed by atoms with Gasteiger partial charge in [-0.05, 0) is 30.3 Å². The number of aryl methyl sites for hydroxylation is 1. The van der Waals surface area contributed by atoms with Crippen LogP contribution >= 0.6 is 0 Å². The van der Waals surface area contributed by atoms with E-state index in [1.54, 1.807) is 17.3 Å². The molecule has 0 aromatic carbocycles. The molecular weight excluding hydrogens is 372 g/mol. The predicted molar refractivity (Wildman–Crippen MR) is 107 cm³/mol. The Hall–Kier alpha value is -3.82. The molecule has 1 aliphatic heterocycles. The van der Waals surface area contributed by atoms with Gasteiger partial charge in [-0.2, -0.15) is 5.10 Å². The van der Waals surface area contributed by atoms with Crippen LogP contribution in [0.15, 0.2) is 53.6 Å². The molecular formula is C19H20N8O2. The van der Waals surface area contributed by atoms with E-state index in [-0.39, 0.29) is 17.2 Å². The minimum absolute atomic E-state index is 0.178. The number of anilines is 3. The van der Waals surface area contributed by atoms with Crippen LogP contribution < -0.4 is 15.8 Å². The summed E-state index contributed by atoms with van der Waals surface area (Å²) in [7, 11) is 1.53. The molecule has 0 aliphatic carbocycles. The number of piperazine rings is 1. The zero-order valence-electron chi connectivity index (χ0n) is 15.9. The van der Waals surface area contributed by atoms with E-state index in [0.717, 1.165) is 11.5 Å². The molecule has 0 spiro atoms. The Morgan fingerprint density at radius 1 is 1.03 bits per heavy atom. The quantitative estimate of drug-likeness (QED) is 0.690. The van der Waals surface area contributed by atoms with Crippen LogP contribution in [0.2, 0.25) is 0 Å². The maximum absolute atomic E-state index is 12.6. The van der Waals surface area contributed by atoms with E-state index in [1.165, 1.54) is 23.9 Å². The van der Waals surface area contributed by atoms with Crippen LogP contribution in [0.4, 0.5) is 17.3 Å². The smallest absolute Gasteiger partial charge is 0.274 e. The van der Waals surface area contributed by atoms with E-state index in [0.29, 0.717) is 32.0 Å². The van der Waals surface area contributed by atoms with Gasteiger partial charge in [-0.15, -0.1) is 10.2 Å². The molecule has 29 heavy (non-hydrogen) atoms. The Kier molecular flexibility index (Phi) is 5.14. The molecule has 148 valence electrons. The number of aromatic nitrogens is 5. The van der Waals surface area contributed by atoms with Crippen molar-refractivity contribution in [2.75, 3.05) is 36.4 Å². The Balaban J connectivity index is 1.36. The minimum Gasteiger partial charge on any atom is -0.352 e. The molecule has 1 fully saturated rings. The zero-order valence-corrected chi connectivity index (χ0v) is 15.9. The molecule has 1 N–H and O–H groups in total. The monoisotopic (exact) mass is 392 g/mol. The van der Waals surface area contributed by atoms with Crippen LogP contribution in [0, 0.1) is 0 Å². The predicted octanol–water partition coefficient (Wildman–Crippen LogP) is 0.671. The molecule has 0 bridgehead atoms. The molecule has 3 aromatic rings. The van der Waals surface area contributed by atoms with Crippen molar-refractivity contribution in [3.8, 4) is 0 Å². The lowest BCUT2D eigenvalue weighted by Gasteiger charge is -2.35. The molecule has 0 saturated carbocycles. The minimum atomic E-state index is -0.244. The highest BCUT2D eigenvalue weighted by atomic mass is 16.2. The third-order valence-corrected chi connectivity index (χ3v) is 4.65. The lowest BCUT2D eigenvalue weighted by molar-refractivity contribution is 0.0738. The molecule has 4 rings (SSSR count). The van der Waals surface area contributed by atoms with Crippen molar-refractivity contribution in [1.29, 1.82) is 0 Å². The first-order chi connectivity index (χ1) is 14.1. The summed E-state index contributed by atoms with van der Waals surface area (Å²) in [6.45, 7) is 2.37. The molecule has 4 heterocycles. The summed E-state index contributed by atoms with van der Waals surface area (Å²) in [5.41, 5.74) is 0.867. The Bertz CT molecular complexity index is 1040. The zero-order chi connectivity index (χ0) is 20.2. The highest BCUT2D eigenvalue weighted by molar-refractivity contribution is 5.92. The molecule has 1 saturated heterocycles. The Morgan fingerprint density at radius 3 is 2.52 bits per heavy atom. The van der Waals surface area contributed by atoms with Gasteiger partial charge in [0.25, 0.3) is 11.5 Å². The third-order valence-electron chi connectivity index (χ3n) is 4.65. The molecule has 10 heteroatoms. The van der Waals surface area contributed by atoms with Crippen LogP contribution in [-0.4, -0.2) is 61.9 Å². The largest absolute Gasteiger partial charge is 0.352 e. The SMILES string of the molecule is Cn1nc(C(=O)N2CCN(c3ccc(Nc4cccnc4)nn3)CC2)ccc1=O. The number of hydrogen-bond acceptors (Lipinski definition) is 8. The molecule has 3 aromatic heterocycles. The number of nitrogens with one attached hydrogen (secondary N) is 1. The number of hydrogen-bond donors (Lipinski definition) is 1. The second kappa shape index (κ2) is 8.05. The fourth-order valence-corrected chi connectivity index (χ4v) is 3.06. The van der Waals surface area contributed by atoms with E-state index < -0.39 is 0 Å². The highest BCUT2D eigenvalue weighted by Crippen LogP contribution is 2.17. The first-order valence-electron chi connectivity index (χ1n) is 9.19. The van der Waals surface area contributed by atoms with Crippen molar-refractivity contribution in [3.05, 3.63) is 64.8 Å². The molecule has 1 aliphatic rings. The number of nitrogens with zero attached hydrogens (tertiary/aromatic N) is 7. The Labute approximate surface area is 166 Å². The van der Waals surface area contributed by atoms with Crippen molar-refractivity contribution in [2.24, 2.45) is 7.05 Å². The maximum atomic E-state index is 12.6. The van der Waals surface area contributed by atoms with E-state index in [2.05, 4.69) is 30.5 Å². The Morgan fingerprint density at radius 2 is 1.86 bits per heavy atom. The number of rotatable bonds is 4. The van der Waals surface area contributed by atoms with E-state index in [4.69, 9.17) is 0 Å². The summed E-state index contributed by atoms with van der Waals surface area (Å²) in [4.78, 5) is 31.9. The van der Waals surface area contributed by atoms with Gasteiger partial charge >= 0.3 is 0 Å². The maximum Gasteiger partial charge on any atom is 0.274 e. The topological polar surface area (TPSA) is 109 Å². The van der Waals surface area contributed by atoms with Crippen LogP contribution in [0.25, 0.3) is 0 Å². The van der Waals surface area contributed by atoms with Gasteiger partial charge in [-0.3, -0.25) is 14.6 Å². The van der Waals surface area contributed by atoms with Crippen molar-refractivity contribution in [3.63, 3.8) is 0 Å².